The van der Waals surface area contributed by atoms with Gasteiger partial charge in [0.05, 0.1) is 0 Å². The van der Waals surface area contributed by atoms with E-state index < -0.39 is 0 Å². The fourth-order valence-corrected chi connectivity index (χ4v) is 10.3. The number of benzene rings is 4. The molecule has 4 aromatic carbocycles. The fourth-order valence-electron chi connectivity index (χ4n) is 9.50. The van der Waals surface area contributed by atoms with Gasteiger partial charge in [0.25, 0.3) is 0 Å². The largest absolute Gasteiger partial charge is 6.00 e. The number of hydrogen-bond donors (Lipinski definition) is 0. The summed E-state index contributed by atoms with van der Waals surface area (Å²) in [4.78, 5) is 4.30. The third-order valence-electron chi connectivity index (χ3n) is 13.5. The van der Waals surface area contributed by atoms with E-state index in [1.165, 1.54) is 225 Å². The predicted molar refractivity (Wildman–Crippen MR) is 331 cm³/mol. The van der Waals surface area contributed by atoms with Crippen LogP contribution in [0.15, 0.2) is 97.1 Å². The molecule has 0 heterocycles. The molecule has 0 saturated carbocycles. The van der Waals surface area contributed by atoms with Gasteiger partial charge in [-0.1, -0.05) is 263 Å². The Hall–Kier alpha value is -1.51. The van der Waals surface area contributed by atoms with Crippen molar-refractivity contribution < 1.29 is 21.1 Å². The molecule has 0 N–H and O–H groups in total. The van der Waals surface area contributed by atoms with Crippen molar-refractivity contribution >= 4 is 108 Å². The third kappa shape index (κ3) is 28.8. The van der Waals surface area contributed by atoms with Crippen LogP contribution in [0.3, 0.4) is 0 Å². The Morgan fingerprint density at radius 3 is 0.662 bits per heavy atom. The number of rotatable bonds is 36. The summed E-state index contributed by atoms with van der Waals surface area (Å²) in [6.07, 6.45) is 41.4. The number of nitrogens with zero attached hydrogens (tertiary/aromatic N) is 2. The molecule has 4 aromatic rings. The van der Waals surface area contributed by atoms with Crippen LogP contribution < -0.4 is 9.80 Å². The second-order valence-electron chi connectivity index (χ2n) is 19.2. The van der Waals surface area contributed by atoms with Gasteiger partial charge in [-0.15, -0.1) is 0 Å². The van der Waals surface area contributed by atoms with Crippen molar-refractivity contribution in [3.63, 3.8) is 0 Å². The smallest absolute Gasteiger partial charge is 2.00 e. The van der Waals surface area contributed by atoms with Gasteiger partial charge in [0, 0.05) is 22.7 Å². The molecule has 9 heteroatoms. The van der Waals surface area contributed by atoms with Crippen molar-refractivity contribution in [3.8, 4) is 0 Å². The molecule has 0 aliphatic carbocycles. The quantitative estimate of drug-likeness (QED) is 0.0192. The average Bonchev–Trinajstić information content (AvgIpc) is 3.34. The number of thiocarbonyl (C=S) groups is 2. The summed E-state index contributed by atoms with van der Waals surface area (Å²) in [6, 6.07) is 34.8. The molecule has 0 atom stereocenters. The normalized spacial score (nSPS) is 10.5. The maximum atomic E-state index is 5.63. The monoisotopic (exact) mass is 1150 g/mol. The molecular formula is C62H92MoN2S6. The zero-order chi connectivity index (χ0) is 48.9. The molecule has 2 nitrogen and oxygen atoms in total. The van der Waals surface area contributed by atoms with Crippen LogP contribution in [0.4, 0.5) is 22.7 Å². The first kappa shape index (κ1) is 69.5. The van der Waals surface area contributed by atoms with E-state index in [9.17, 15) is 0 Å². The first-order valence-electron chi connectivity index (χ1n) is 27.7. The van der Waals surface area contributed by atoms with E-state index in [0.717, 1.165) is 25.7 Å². The number of aryl methyl sites for hydroxylation is 4. The topological polar surface area (TPSA) is 6.48 Å². The Labute approximate surface area is 487 Å². The van der Waals surface area contributed by atoms with Gasteiger partial charge in [-0.3, -0.25) is 0 Å². The SMILES string of the molecule is CCCCCCCCCc1ccccc1N(C(=S)[S-])c1ccccc1CCCCCCCCC.CCCCCCCCCc1ccccc1N(C(=S)[S-])c1ccccc1CCCCCCCCC.[Mo+6].[S-2].[S-2]. The first-order chi connectivity index (χ1) is 33.4. The summed E-state index contributed by atoms with van der Waals surface area (Å²) in [5.41, 5.74) is 10.1. The number of hydrogen-bond acceptors (Lipinski definition) is 4. The van der Waals surface area contributed by atoms with Crippen LogP contribution in [0, 0.1) is 0 Å². The van der Waals surface area contributed by atoms with E-state index in [2.05, 4.69) is 135 Å². The fraction of sp³-hybridized carbons (Fsp3) is 0.581. The van der Waals surface area contributed by atoms with Gasteiger partial charge in [-0.25, -0.2) is 0 Å². The molecule has 71 heavy (non-hydrogen) atoms. The second-order valence-corrected chi connectivity index (χ2v) is 21.3. The second kappa shape index (κ2) is 45.8. The van der Waals surface area contributed by atoms with Gasteiger partial charge in [-0.05, 0) is 97.9 Å². The zero-order valence-corrected chi connectivity index (χ0v) is 51.5. The molecule has 0 fully saturated rings. The Morgan fingerprint density at radius 1 is 0.310 bits per heavy atom. The Balaban J connectivity index is 0.00000132. The molecule has 0 aliphatic heterocycles. The Bertz CT molecular complexity index is 1660. The summed E-state index contributed by atoms with van der Waals surface area (Å²) in [5, 5.41) is 0. The van der Waals surface area contributed by atoms with Crippen molar-refractivity contribution in [2.24, 2.45) is 0 Å². The van der Waals surface area contributed by atoms with Crippen LogP contribution in [0.25, 0.3) is 0 Å². The van der Waals surface area contributed by atoms with E-state index in [1.54, 1.807) is 0 Å². The number of unbranched alkanes of at least 4 members (excludes halogenated alkanes) is 24. The summed E-state index contributed by atoms with van der Waals surface area (Å²) in [7, 11) is 0. The Morgan fingerprint density at radius 2 is 0.479 bits per heavy atom. The molecule has 0 spiro atoms. The molecule has 0 radical (unpaired) electrons. The minimum Gasteiger partial charge on any atom is -2.00 e. The molecule has 0 saturated heterocycles. The van der Waals surface area contributed by atoms with Crippen molar-refractivity contribution in [1.29, 1.82) is 0 Å². The molecule has 0 unspecified atom stereocenters. The van der Waals surface area contributed by atoms with Gasteiger partial charge < -0.3 is 86.5 Å². The molecule has 392 valence electrons. The van der Waals surface area contributed by atoms with Crippen molar-refractivity contribution in [3.05, 3.63) is 119 Å². The van der Waals surface area contributed by atoms with Gasteiger partial charge in [0.2, 0.25) is 0 Å². The van der Waals surface area contributed by atoms with Crippen LogP contribution in [0.1, 0.15) is 230 Å². The van der Waals surface area contributed by atoms with Crippen LogP contribution in [0.5, 0.6) is 0 Å². The molecular weight excluding hydrogens is 1060 g/mol. The maximum Gasteiger partial charge on any atom is 6.00 e. The average molecular weight is 1150 g/mol. The van der Waals surface area contributed by atoms with Crippen molar-refractivity contribution in [1.82, 2.24) is 0 Å². The summed E-state index contributed by atoms with van der Waals surface area (Å²) in [6.45, 7) is 9.11. The van der Waals surface area contributed by atoms with E-state index >= 15 is 0 Å². The van der Waals surface area contributed by atoms with Crippen molar-refractivity contribution in [2.75, 3.05) is 9.80 Å². The summed E-state index contributed by atoms with van der Waals surface area (Å²) < 4.78 is 1.03. The van der Waals surface area contributed by atoms with E-state index in [0.29, 0.717) is 8.64 Å². The zero-order valence-electron chi connectivity index (χ0n) is 44.6. The summed E-state index contributed by atoms with van der Waals surface area (Å²) >= 11 is 22.5. The molecule has 4 rings (SSSR count). The molecule has 0 aliphatic rings. The minimum absolute atomic E-state index is 0. The van der Waals surface area contributed by atoms with Gasteiger partial charge in [-0.2, -0.15) is 0 Å². The number of anilines is 4. The van der Waals surface area contributed by atoms with Crippen LogP contribution in [-0.2, 0) is 99.0 Å². The maximum absolute atomic E-state index is 5.63. The van der Waals surface area contributed by atoms with Crippen LogP contribution >= 0.6 is 24.4 Å². The first-order valence-corrected chi connectivity index (χ1v) is 29.3. The molecule has 0 bridgehead atoms. The molecule has 0 amide bonds. The van der Waals surface area contributed by atoms with Crippen molar-refractivity contribution in [2.45, 2.75) is 233 Å². The summed E-state index contributed by atoms with van der Waals surface area (Å²) in [5.74, 6) is 0. The number of para-hydroxylation sites is 4. The predicted octanol–water partition coefficient (Wildman–Crippen LogP) is 20.5. The van der Waals surface area contributed by atoms with E-state index in [-0.39, 0.29) is 48.1 Å². The Kier molecular flexibility index (Phi) is 44.9. The standard InChI is InChI=1S/2C31H47NS2.Mo.2S/c2*1-3-5-7-9-11-13-15-21-27-23-17-19-25-29(27)32(31(33)34)30-26-20-18-24-28(30)22-16-14-12-10-8-6-4-2;;;/h2*17-20,23-26H,3-16,21-22H2,1-2H3,(H,33,34);;;/q;;+6;2*-2/p-2. The van der Waals surface area contributed by atoms with Crippen LogP contribution in [-0.4, -0.2) is 8.64 Å². The third-order valence-corrected chi connectivity index (χ3v) is 14.2. The molecule has 0 aromatic heterocycles. The van der Waals surface area contributed by atoms with Crippen LogP contribution in [0.2, 0.25) is 0 Å². The van der Waals surface area contributed by atoms with E-state index in [1.807, 2.05) is 0 Å². The van der Waals surface area contributed by atoms with Gasteiger partial charge in [0.15, 0.2) is 0 Å². The van der Waals surface area contributed by atoms with E-state index in [4.69, 9.17) is 49.7 Å². The minimum atomic E-state index is 0. The van der Waals surface area contributed by atoms with Gasteiger partial charge in [0.1, 0.15) is 0 Å². The van der Waals surface area contributed by atoms with Gasteiger partial charge >= 0.3 is 21.1 Å².